The molecule has 1 fully saturated rings. The van der Waals surface area contributed by atoms with E-state index in [0.717, 1.165) is 19.2 Å². The standard InChI is InChI=1S/C12H15ClN2O4S/c13-10-2-1-8(12(16)17)7-11(10)20(18,19)15-9-3-5-14-6-4-9/h1-2,7,9,14-15H,3-6H2,(H,16,17). The maximum atomic E-state index is 12.3. The highest BCUT2D eigenvalue weighted by Gasteiger charge is 2.24. The van der Waals surface area contributed by atoms with Gasteiger partial charge < -0.3 is 10.4 Å². The Kier molecular flexibility index (Phi) is 4.64. The Balaban J connectivity index is 2.28. The molecule has 8 heteroatoms. The number of benzene rings is 1. The van der Waals surface area contributed by atoms with Crippen molar-refractivity contribution in [2.75, 3.05) is 13.1 Å². The molecule has 0 amide bonds. The summed E-state index contributed by atoms with van der Waals surface area (Å²) in [5.41, 5.74) is -0.111. The van der Waals surface area contributed by atoms with Gasteiger partial charge >= 0.3 is 5.97 Å². The second-order valence-corrected chi connectivity index (χ2v) is 6.69. The van der Waals surface area contributed by atoms with Crippen LogP contribution in [0.2, 0.25) is 5.02 Å². The zero-order valence-corrected chi connectivity index (χ0v) is 12.2. The fourth-order valence-electron chi connectivity index (χ4n) is 2.07. The molecule has 0 unspecified atom stereocenters. The number of hydrogen-bond acceptors (Lipinski definition) is 4. The number of sulfonamides is 1. The van der Waals surface area contributed by atoms with Crippen LogP contribution in [0, 0.1) is 0 Å². The van der Waals surface area contributed by atoms with Gasteiger partial charge in [0.05, 0.1) is 10.6 Å². The summed E-state index contributed by atoms with van der Waals surface area (Å²) in [4.78, 5) is 10.7. The molecule has 1 saturated heterocycles. The molecule has 20 heavy (non-hydrogen) atoms. The Morgan fingerprint density at radius 1 is 1.35 bits per heavy atom. The van der Waals surface area contributed by atoms with Gasteiger partial charge in [0.1, 0.15) is 4.90 Å². The maximum absolute atomic E-state index is 12.3. The van der Waals surface area contributed by atoms with E-state index in [4.69, 9.17) is 16.7 Å². The lowest BCUT2D eigenvalue weighted by Gasteiger charge is -2.23. The fraction of sp³-hybridized carbons (Fsp3) is 0.417. The van der Waals surface area contributed by atoms with Crippen molar-refractivity contribution in [2.45, 2.75) is 23.8 Å². The second-order valence-electron chi connectivity index (χ2n) is 4.60. The monoisotopic (exact) mass is 318 g/mol. The number of carboxylic acid groups (broad SMARTS) is 1. The van der Waals surface area contributed by atoms with Crippen LogP contribution < -0.4 is 10.0 Å². The van der Waals surface area contributed by atoms with Crippen LogP contribution in [0.25, 0.3) is 0 Å². The SMILES string of the molecule is O=C(O)c1ccc(Cl)c(S(=O)(=O)NC2CCNCC2)c1. The molecule has 0 radical (unpaired) electrons. The average Bonchev–Trinajstić information content (AvgIpc) is 2.39. The highest BCUT2D eigenvalue weighted by atomic mass is 35.5. The molecule has 1 aliphatic heterocycles. The third-order valence-electron chi connectivity index (χ3n) is 3.13. The molecule has 2 rings (SSSR count). The molecule has 1 heterocycles. The topological polar surface area (TPSA) is 95.5 Å². The van der Waals surface area contributed by atoms with E-state index < -0.39 is 16.0 Å². The minimum absolute atomic E-state index is 0.0106. The van der Waals surface area contributed by atoms with E-state index in [1.807, 2.05) is 0 Å². The highest BCUT2D eigenvalue weighted by Crippen LogP contribution is 2.23. The summed E-state index contributed by atoms with van der Waals surface area (Å²) >= 11 is 5.88. The number of aromatic carboxylic acids is 1. The smallest absolute Gasteiger partial charge is 0.335 e. The summed E-state index contributed by atoms with van der Waals surface area (Å²) in [5, 5.41) is 12.1. The van der Waals surface area contributed by atoms with E-state index in [2.05, 4.69) is 10.0 Å². The van der Waals surface area contributed by atoms with E-state index >= 15 is 0 Å². The third-order valence-corrected chi connectivity index (χ3v) is 5.13. The molecule has 0 saturated carbocycles. The van der Waals surface area contributed by atoms with Gasteiger partial charge in [-0.1, -0.05) is 11.6 Å². The number of halogens is 1. The minimum Gasteiger partial charge on any atom is -0.478 e. The summed E-state index contributed by atoms with van der Waals surface area (Å²) < 4.78 is 27.1. The Morgan fingerprint density at radius 2 is 2.00 bits per heavy atom. The molecule has 1 aromatic carbocycles. The van der Waals surface area contributed by atoms with Crippen molar-refractivity contribution in [1.29, 1.82) is 0 Å². The quantitative estimate of drug-likeness (QED) is 0.772. The van der Waals surface area contributed by atoms with Gasteiger partial charge in [0.15, 0.2) is 0 Å². The molecule has 0 atom stereocenters. The predicted octanol–water partition coefficient (Wildman–Crippen LogP) is 1.07. The van der Waals surface area contributed by atoms with Crippen LogP contribution in [0.15, 0.2) is 23.1 Å². The van der Waals surface area contributed by atoms with Crippen LogP contribution in [0.5, 0.6) is 0 Å². The molecule has 0 spiro atoms. The van der Waals surface area contributed by atoms with E-state index in [9.17, 15) is 13.2 Å². The Hall–Kier alpha value is -1.15. The van der Waals surface area contributed by atoms with Gasteiger partial charge in [-0.15, -0.1) is 0 Å². The number of piperidine rings is 1. The van der Waals surface area contributed by atoms with Crippen LogP contribution in [0.3, 0.4) is 0 Å². The molecule has 110 valence electrons. The van der Waals surface area contributed by atoms with Gasteiger partial charge in [-0.25, -0.2) is 17.9 Å². The predicted molar refractivity (Wildman–Crippen MR) is 74.6 cm³/mol. The first-order valence-electron chi connectivity index (χ1n) is 6.16. The van der Waals surface area contributed by atoms with Crippen molar-refractivity contribution in [3.63, 3.8) is 0 Å². The van der Waals surface area contributed by atoms with Crippen molar-refractivity contribution in [3.8, 4) is 0 Å². The Labute approximate surface area is 122 Å². The molecule has 1 aromatic rings. The zero-order chi connectivity index (χ0) is 14.8. The first kappa shape index (κ1) is 15.2. The summed E-state index contributed by atoms with van der Waals surface area (Å²) in [6.07, 6.45) is 1.38. The molecular weight excluding hydrogens is 304 g/mol. The van der Waals surface area contributed by atoms with Crippen molar-refractivity contribution >= 4 is 27.6 Å². The van der Waals surface area contributed by atoms with E-state index in [-0.39, 0.29) is 21.5 Å². The normalized spacial score (nSPS) is 17.1. The number of carboxylic acids is 1. The lowest BCUT2D eigenvalue weighted by molar-refractivity contribution is 0.0696. The van der Waals surface area contributed by atoms with Crippen LogP contribution in [0.4, 0.5) is 0 Å². The highest BCUT2D eigenvalue weighted by molar-refractivity contribution is 7.89. The third kappa shape index (κ3) is 3.49. The first-order valence-corrected chi connectivity index (χ1v) is 8.02. The van der Waals surface area contributed by atoms with E-state index in [1.165, 1.54) is 12.1 Å². The summed E-state index contributed by atoms with van der Waals surface area (Å²) in [5.74, 6) is -1.19. The van der Waals surface area contributed by atoms with Gasteiger partial charge in [0.25, 0.3) is 0 Å². The molecule has 1 aliphatic rings. The minimum atomic E-state index is -3.82. The Morgan fingerprint density at radius 3 is 2.60 bits per heavy atom. The van der Waals surface area contributed by atoms with Gasteiger partial charge in [0, 0.05) is 6.04 Å². The number of carbonyl (C=O) groups is 1. The summed E-state index contributed by atoms with van der Waals surface area (Å²) in [6, 6.07) is 3.47. The van der Waals surface area contributed by atoms with Gasteiger partial charge in [-0.3, -0.25) is 0 Å². The number of hydrogen-bond donors (Lipinski definition) is 3. The molecule has 0 aromatic heterocycles. The largest absolute Gasteiger partial charge is 0.478 e. The zero-order valence-electron chi connectivity index (χ0n) is 10.6. The average molecular weight is 319 g/mol. The molecule has 6 nitrogen and oxygen atoms in total. The number of nitrogens with one attached hydrogen (secondary N) is 2. The summed E-state index contributed by atoms with van der Waals surface area (Å²) in [7, 11) is -3.82. The summed E-state index contributed by atoms with van der Waals surface area (Å²) in [6.45, 7) is 1.49. The fourth-order valence-corrected chi connectivity index (χ4v) is 3.90. The molecule has 3 N–H and O–H groups in total. The molecule has 0 aliphatic carbocycles. The lowest BCUT2D eigenvalue weighted by Crippen LogP contribution is -2.42. The number of rotatable bonds is 4. The van der Waals surface area contributed by atoms with Crippen LogP contribution in [0.1, 0.15) is 23.2 Å². The van der Waals surface area contributed by atoms with E-state index in [1.54, 1.807) is 0 Å². The van der Waals surface area contributed by atoms with Gasteiger partial charge in [0.2, 0.25) is 10.0 Å². The van der Waals surface area contributed by atoms with Crippen LogP contribution >= 0.6 is 11.6 Å². The lowest BCUT2D eigenvalue weighted by atomic mass is 10.1. The van der Waals surface area contributed by atoms with Crippen LogP contribution in [-0.2, 0) is 10.0 Å². The Bertz CT molecular complexity index is 612. The second kappa shape index (κ2) is 6.09. The van der Waals surface area contributed by atoms with Crippen LogP contribution in [-0.4, -0.2) is 38.6 Å². The molecular formula is C12H15ClN2O4S. The van der Waals surface area contributed by atoms with Gasteiger partial charge in [-0.05, 0) is 44.1 Å². The van der Waals surface area contributed by atoms with Gasteiger partial charge in [-0.2, -0.15) is 0 Å². The van der Waals surface area contributed by atoms with Crippen molar-refractivity contribution < 1.29 is 18.3 Å². The van der Waals surface area contributed by atoms with E-state index in [0.29, 0.717) is 12.8 Å². The van der Waals surface area contributed by atoms with Crippen molar-refractivity contribution in [2.24, 2.45) is 0 Å². The maximum Gasteiger partial charge on any atom is 0.335 e. The van der Waals surface area contributed by atoms with Crippen molar-refractivity contribution in [1.82, 2.24) is 10.0 Å². The molecule has 0 bridgehead atoms. The first-order chi connectivity index (χ1) is 9.40. The van der Waals surface area contributed by atoms with Crippen molar-refractivity contribution in [3.05, 3.63) is 28.8 Å².